The highest BCUT2D eigenvalue weighted by Gasteiger charge is 2.53. The number of hydrogen-bond donors (Lipinski definition) is 0. The number of nitrogens with zero attached hydrogens (tertiary/aromatic N) is 4. The van der Waals surface area contributed by atoms with Gasteiger partial charge in [0.05, 0.1) is 0 Å². The van der Waals surface area contributed by atoms with E-state index >= 15 is 0 Å². The van der Waals surface area contributed by atoms with Crippen LogP contribution < -0.4 is 0 Å². The van der Waals surface area contributed by atoms with Gasteiger partial charge >= 0.3 is 12.2 Å². The molecule has 1 fully saturated rings. The Labute approximate surface area is 86.5 Å². The van der Waals surface area contributed by atoms with Gasteiger partial charge in [-0.3, -0.25) is 4.84 Å². The van der Waals surface area contributed by atoms with Gasteiger partial charge in [-0.1, -0.05) is 0 Å². The van der Waals surface area contributed by atoms with Crippen molar-refractivity contribution in [2.75, 3.05) is 27.9 Å². The van der Waals surface area contributed by atoms with Gasteiger partial charge in [0.15, 0.2) is 6.73 Å². The van der Waals surface area contributed by atoms with Crippen molar-refractivity contribution in [3.8, 4) is 0 Å². The van der Waals surface area contributed by atoms with Crippen molar-refractivity contribution < 1.29 is 19.2 Å². The Kier molecular flexibility index (Phi) is 2.22. The van der Waals surface area contributed by atoms with E-state index in [1.54, 1.807) is 30.5 Å². The van der Waals surface area contributed by atoms with Crippen LogP contribution in [0, 0.1) is 0 Å². The number of hydrogen-bond acceptors (Lipinski definition) is 7. The molecule has 2 amide bonds. The zero-order valence-corrected chi connectivity index (χ0v) is 9.47. The Morgan fingerprint density at radius 2 is 2.07 bits per heavy atom. The zero-order chi connectivity index (χ0) is 11.2. The van der Waals surface area contributed by atoms with Gasteiger partial charge < -0.3 is 4.74 Å². The fourth-order valence-corrected chi connectivity index (χ4v) is 4.06. The maximum absolute atomic E-state index is 11.5. The number of fused-ring (bicyclic) bond motifs is 1. The summed E-state index contributed by atoms with van der Waals surface area (Å²) in [5.74, 6) is 0. The number of carbonyl (C=O) groups excluding carboxylic acids is 2. The number of imide groups is 1. The minimum absolute atomic E-state index is 0.0986. The van der Waals surface area contributed by atoms with Crippen LogP contribution in [-0.4, -0.2) is 54.1 Å². The van der Waals surface area contributed by atoms with Crippen molar-refractivity contribution in [1.29, 1.82) is 0 Å². The van der Waals surface area contributed by atoms with Gasteiger partial charge in [0.25, 0.3) is 7.51 Å². The molecule has 2 aliphatic rings. The lowest BCUT2D eigenvalue weighted by Crippen LogP contribution is -2.46. The standard InChI is InChI=1S/C6H11N4O4P/c1-8(2)15-7-14-6(12)10(15)5(11)13-4-9(15)3/h4H2,1-3H3. The second-order valence-electron chi connectivity index (χ2n) is 3.33. The van der Waals surface area contributed by atoms with Crippen LogP contribution in [0.5, 0.6) is 0 Å². The van der Waals surface area contributed by atoms with Crippen molar-refractivity contribution in [2.45, 2.75) is 0 Å². The molecule has 2 aliphatic heterocycles. The van der Waals surface area contributed by atoms with Gasteiger partial charge in [-0.2, -0.15) is 0 Å². The molecule has 1 unspecified atom stereocenters. The number of rotatable bonds is 1. The molecule has 0 aliphatic carbocycles. The average molecular weight is 234 g/mol. The van der Waals surface area contributed by atoms with Crippen molar-refractivity contribution in [2.24, 2.45) is 4.91 Å². The van der Waals surface area contributed by atoms with E-state index in [9.17, 15) is 9.59 Å². The summed E-state index contributed by atoms with van der Waals surface area (Å²) < 4.78 is 9.14. The van der Waals surface area contributed by atoms with Crippen LogP contribution in [0.1, 0.15) is 0 Å². The van der Waals surface area contributed by atoms with E-state index in [0.717, 1.165) is 4.67 Å². The van der Waals surface area contributed by atoms with Gasteiger partial charge in [-0.25, -0.2) is 18.9 Å². The molecule has 0 aromatic carbocycles. The molecule has 9 heteroatoms. The molecular weight excluding hydrogens is 223 g/mol. The summed E-state index contributed by atoms with van der Waals surface area (Å²) in [5, 5.41) is 0. The number of cyclic esters (lactones) is 1. The molecule has 1 saturated heterocycles. The average Bonchev–Trinajstić information content (AvgIpc) is 2.53. The van der Waals surface area contributed by atoms with Gasteiger partial charge in [0.1, 0.15) is 0 Å². The lowest BCUT2D eigenvalue weighted by Gasteiger charge is -2.40. The third-order valence-corrected chi connectivity index (χ3v) is 5.48. The van der Waals surface area contributed by atoms with E-state index in [-0.39, 0.29) is 6.73 Å². The summed E-state index contributed by atoms with van der Waals surface area (Å²) in [6.07, 6.45) is -1.49. The Hall–Kier alpha value is -1.11. The topological polar surface area (TPSA) is 74.7 Å². The Morgan fingerprint density at radius 3 is 2.60 bits per heavy atom. The van der Waals surface area contributed by atoms with E-state index in [0.29, 0.717) is 0 Å². The van der Waals surface area contributed by atoms with E-state index in [1.165, 1.54) is 0 Å². The second-order valence-corrected chi connectivity index (χ2v) is 6.45. The second kappa shape index (κ2) is 3.19. The predicted molar refractivity (Wildman–Crippen MR) is 50.5 cm³/mol. The molecular formula is C6H11N4O4P. The van der Waals surface area contributed by atoms with Crippen LogP contribution in [0.2, 0.25) is 0 Å². The normalized spacial score (nSPS) is 31.1. The van der Waals surface area contributed by atoms with Crippen molar-refractivity contribution in [3.63, 3.8) is 0 Å². The lowest BCUT2D eigenvalue weighted by molar-refractivity contribution is 0.0761. The summed E-state index contributed by atoms with van der Waals surface area (Å²) >= 11 is 0. The summed E-state index contributed by atoms with van der Waals surface area (Å²) in [5.41, 5.74) is 0. The molecule has 84 valence electrons. The van der Waals surface area contributed by atoms with Crippen LogP contribution in [0.25, 0.3) is 0 Å². The van der Waals surface area contributed by atoms with E-state index in [2.05, 4.69) is 9.75 Å². The highest BCUT2D eigenvalue weighted by Crippen LogP contribution is 2.62. The van der Waals surface area contributed by atoms with Crippen LogP contribution in [0.15, 0.2) is 4.91 Å². The van der Waals surface area contributed by atoms with Crippen LogP contribution in [0.3, 0.4) is 0 Å². The van der Waals surface area contributed by atoms with Gasteiger partial charge in [-0.15, -0.1) is 4.67 Å². The lowest BCUT2D eigenvalue weighted by atomic mass is 11.0. The zero-order valence-electron chi connectivity index (χ0n) is 8.58. The first-order valence-corrected chi connectivity index (χ1v) is 5.79. The Balaban J connectivity index is 2.53. The highest BCUT2D eigenvalue weighted by molar-refractivity contribution is 7.60. The number of amides is 2. The minimum atomic E-state index is -2.55. The molecule has 8 nitrogen and oxygen atoms in total. The van der Waals surface area contributed by atoms with Gasteiger partial charge in [0.2, 0.25) is 0 Å². The van der Waals surface area contributed by atoms with E-state index in [4.69, 9.17) is 4.74 Å². The molecule has 1 atom stereocenters. The van der Waals surface area contributed by atoms with Crippen LogP contribution >= 0.6 is 7.51 Å². The SMILES string of the molecule is CN(C)P12=NOC(=O)N1C(=O)OCN2C. The Bertz CT molecular complexity index is 381. The number of ether oxygens (including phenoxy) is 1. The van der Waals surface area contributed by atoms with Crippen molar-refractivity contribution >= 4 is 19.7 Å². The molecule has 0 aromatic heterocycles. The molecule has 0 bridgehead atoms. The molecule has 15 heavy (non-hydrogen) atoms. The fourth-order valence-electron chi connectivity index (χ4n) is 1.52. The monoisotopic (exact) mass is 234 g/mol. The van der Waals surface area contributed by atoms with Gasteiger partial charge in [0, 0.05) is 0 Å². The summed E-state index contributed by atoms with van der Waals surface area (Å²) in [7, 11) is 2.65. The highest BCUT2D eigenvalue weighted by atomic mass is 31.2. The maximum Gasteiger partial charge on any atom is 0.452 e. The number of carbonyl (C=O) groups is 2. The predicted octanol–water partition coefficient (Wildman–Crippen LogP) is 0.901. The third kappa shape index (κ3) is 1.19. The quantitative estimate of drug-likeness (QED) is 0.627. The van der Waals surface area contributed by atoms with Crippen molar-refractivity contribution in [1.82, 2.24) is 14.0 Å². The first-order valence-electron chi connectivity index (χ1n) is 4.19. The van der Waals surface area contributed by atoms with Crippen LogP contribution in [0.4, 0.5) is 9.59 Å². The smallest absolute Gasteiger partial charge is 0.432 e. The molecule has 2 rings (SSSR count). The molecule has 0 N–H and O–H groups in total. The van der Waals surface area contributed by atoms with Crippen molar-refractivity contribution in [3.05, 3.63) is 0 Å². The first-order chi connectivity index (χ1) is 7.00. The van der Waals surface area contributed by atoms with E-state index < -0.39 is 19.7 Å². The van der Waals surface area contributed by atoms with Gasteiger partial charge in [-0.05, 0) is 26.1 Å². The summed E-state index contributed by atoms with van der Waals surface area (Å²) in [6, 6.07) is 0. The molecule has 0 saturated carbocycles. The summed E-state index contributed by atoms with van der Waals surface area (Å²) in [6.45, 7) is 0.0986. The molecule has 2 heterocycles. The largest absolute Gasteiger partial charge is 0.452 e. The van der Waals surface area contributed by atoms with E-state index in [1.807, 2.05) is 0 Å². The maximum atomic E-state index is 11.5. The third-order valence-electron chi connectivity index (χ3n) is 2.21. The fraction of sp³-hybridized carbons (Fsp3) is 0.667. The first kappa shape index (κ1) is 10.4. The molecule has 0 spiro atoms. The Morgan fingerprint density at radius 1 is 1.40 bits per heavy atom. The summed E-state index contributed by atoms with van der Waals surface area (Å²) in [4.78, 5) is 31.2. The molecule has 0 radical (unpaired) electrons. The minimum Gasteiger partial charge on any atom is -0.432 e. The molecule has 0 aromatic rings. The van der Waals surface area contributed by atoms with Crippen LogP contribution in [-0.2, 0) is 9.57 Å².